The molecule has 0 aliphatic carbocycles. The topological polar surface area (TPSA) is 247 Å². The number of fused-ring (bicyclic) bond motifs is 2. The maximum atomic E-state index is 16.3. The lowest BCUT2D eigenvalue weighted by molar-refractivity contribution is -0.126. The largest absolute Gasteiger partial charge is 0.492 e. The smallest absolute Gasteiger partial charge is 0.351 e. The van der Waals surface area contributed by atoms with Crippen LogP contribution in [-0.4, -0.2) is 85.6 Å². The van der Waals surface area contributed by atoms with Crippen LogP contribution in [0.2, 0.25) is 0 Å². The van der Waals surface area contributed by atoms with Crippen LogP contribution < -0.4 is 39.8 Å². The van der Waals surface area contributed by atoms with Crippen molar-refractivity contribution in [3.05, 3.63) is 56.4 Å². The fourth-order valence-electron chi connectivity index (χ4n) is 5.66. The first-order valence-electron chi connectivity index (χ1n) is 14.4. The van der Waals surface area contributed by atoms with E-state index in [0.29, 0.717) is 4.57 Å². The van der Waals surface area contributed by atoms with Crippen molar-refractivity contribution in [3.8, 4) is 45.6 Å². The van der Waals surface area contributed by atoms with Crippen LogP contribution in [0.3, 0.4) is 0 Å². The standard InChI is InChI=1S/C29H27FN6O13/c1-4-43-26(38)12-7-14-20(46-10-44-14)22(41-2)17(12)18-13(8-15-21(23(18)42-3)47-11-45-15)27(39)48-24-19(30)25(49-29(24,9-37)34-35-32)36-6-5-16(31)33-28(36)40/h5-8,19,24-25,37H,4,9-11H2,1-3H3,(H2,31,33,40)/t19-,24-,25+,29+/m0/s1. The number of hydrogen-bond acceptors (Lipinski definition) is 16. The number of halogens is 1. The molecular formula is C29H27FN6O13. The van der Waals surface area contributed by atoms with Gasteiger partial charge in [-0.05, 0) is 30.7 Å². The zero-order valence-electron chi connectivity index (χ0n) is 25.9. The molecule has 1 saturated heterocycles. The van der Waals surface area contributed by atoms with E-state index < -0.39 is 54.0 Å². The van der Waals surface area contributed by atoms with E-state index in [2.05, 4.69) is 15.0 Å². The van der Waals surface area contributed by atoms with E-state index in [1.54, 1.807) is 6.92 Å². The molecule has 2 aromatic carbocycles. The number of carbonyl (C=O) groups is 2. The number of alkyl halides is 1. The van der Waals surface area contributed by atoms with E-state index >= 15 is 4.39 Å². The number of aliphatic hydroxyl groups excluding tert-OH is 1. The average molecular weight is 687 g/mol. The van der Waals surface area contributed by atoms with E-state index in [1.807, 2.05) is 0 Å². The van der Waals surface area contributed by atoms with Crippen molar-refractivity contribution in [2.45, 2.75) is 31.2 Å². The molecule has 1 fully saturated rings. The zero-order chi connectivity index (χ0) is 35.0. The molecule has 3 N–H and O–H groups in total. The second-order valence-electron chi connectivity index (χ2n) is 10.4. The van der Waals surface area contributed by atoms with Crippen LogP contribution in [0, 0.1) is 0 Å². The molecule has 4 atom stereocenters. The van der Waals surface area contributed by atoms with Crippen LogP contribution in [0.1, 0.15) is 33.9 Å². The molecule has 20 heteroatoms. The van der Waals surface area contributed by atoms with Crippen LogP contribution >= 0.6 is 0 Å². The lowest BCUT2D eigenvalue weighted by atomic mass is 9.91. The first kappa shape index (κ1) is 32.9. The van der Waals surface area contributed by atoms with Gasteiger partial charge in [0.25, 0.3) is 0 Å². The highest BCUT2D eigenvalue weighted by atomic mass is 19.1. The summed E-state index contributed by atoms with van der Waals surface area (Å²) in [5.74, 6) is -2.30. The quantitative estimate of drug-likeness (QED) is 0.134. The summed E-state index contributed by atoms with van der Waals surface area (Å²) in [6, 6.07) is 3.68. The number of aliphatic hydroxyl groups is 1. The van der Waals surface area contributed by atoms with E-state index in [1.165, 1.54) is 32.4 Å². The molecule has 0 radical (unpaired) electrons. The molecule has 0 bridgehead atoms. The van der Waals surface area contributed by atoms with Crippen LogP contribution in [-0.2, 0) is 14.2 Å². The van der Waals surface area contributed by atoms with E-state index in [4.69, 9.17) is 48.4 Å². The third kappa shape index (κ3) is 5.36. The summed E-state index contributed by atoms with van der Waals surface area (Å²) < 4.78 is 67.1. The third-order valence-corrected chi connectivity index (χ3v) is 7.74. The number of aromatic nitrogens is 2. The molecule has 0 amide bonds. The van der Waals surface area contributed by atoms with Gasteiger partial charge in [0.05, 0.1) is 38.6 Å². The van der Waals surface area contributed by atoms with Crippen LogP contribution in [0.4, 0.5) is 10.2 Å². The molecule has 19 nitrogen and oxygen atoms in total. The Morgan fingerprint density at radius 1 is 1.10 bits per heavy atom. The Morgan fingerprint density at radius 2 is 1.69 bits per heavy atom. The van der Waals surface area contributed by atoms with Crippen LogP contribution in [0.15, 0.2) is 34.3 Å². The number of ether oxygens (including phenoxy) is 9. The van der Waals surface area contributed by atoms with Gasteiger partial charge in [-0.1, -0.05) is 5.11 Å². The van der Waals surface area contributed by atoms with Gasteiger partial charge in [-0.3, -0.25) is 4.57 Å². The Hall–Kier alpha value is -5.98. The van der Waals surface area contributed by atoms with Gasteiger partial charge >= 0.3 is 17.6 Å². The van der Waals surface area contributed by atoms with Gasteiger partial charge in [0.1, 0.15) is 5.82 Å². The summed E-state index contributed by atoms with van der Waals surface area (Å²) in [7, 11) is 2.53. The monoisotopic (exact) mass is 686 g/mol. The third-order valence-electron chi connectivity index (χ3n) is 7.74. The van der Waals surface area contributed by atoms with Gasteiger partial charge in [-0.25, -0.2) is 18.8 Å². The number of hydrogen-bond donors (Lipinski definition) is 2. The van der Waals surface area contributed by atoms with Crippen molar-refractivity contribution in [1.29, 1.82) is 0 Å². The van der Waals surface area contributed by atoms with Crippen molar-refractivity contribution in [2.75, 3.05) is 46.8 Å². The fraction of sp³-hybridized carbons (Fsp3) is 0.379. The molecule has 258 valence electrons. The molecule has 3 aliphatic rings. The second-order valence-corrected chi connectivity index (χ2v) is 10.4. The lowest BCUT2D eigenvalue weighted by Crippen LogP contribution is -2.46. The zero-order valence-corrected chi connectivity index (χ0v) is 25.9. The van der Waals surface area contributed by atoms with Crippen LogP contribution in [0.5, 0.6) is 34.5 Å². The number of nitrogens with zero attached hydrogens (tertiary/aromatic N) is 5. The summed E-state index contributed by atoms with van der Waals surface area (Å²) in [5, 5.41) is 13.7. The second kappa shape index (κ2) is 12.9. The number of esters is 2. The maximum Gasteiger partial charge on any atom is 0.351 e. The summed E-state index contributed by atoms with van der Waals surface area (Å²) >= 11 is 0. The SMILES string of the molecule is CCOC(=O)c1cc2c(c(OC)c1-c1c(C(=O)O[C@H]3[C@H](F)[C@H](n4ccc(N)nc4=O)O[C@@]3(CO)N=[N+]=[N-])cc3c(c1OC)OCO3)OCO2. The highest BCUT2D eigenvalue weighted by Gasteiger charge is 2.59. The summed E-state index contributed by atoms with van der Waals surface area (Å²) in [6.45, 7) is -0.143. The number of nitrogen functional groups attached to an aromatic ring is 1. The van der Waals surface area contributed by atoms with Crippen molar-refractivity contribution in [2.24, 2.45) is 5.11 Å². The maximum absolute atomic E-state index is 16.3. The van der Waals surface area contributed by atoms with E-state index in [0.717, 1.165) is 6.20 Å². The highest BCUT2D eigenvalue weighted by molar-refractivity contribution is 6.08. The molecule has 0 unspecified atom stereocenters. The van der Waals surface area contributed by atoms with Gasteiger partial charge in [0.2, 0.25) is 30.8 Å². The van der Waals surface area contributed by atoms with Gasteiger partial charge in [-0.2, -0.15) is 4.98 Å². The van der Waals surface area contributed by atoms with Gasteiger partial charge in [0, 0.05) is 22.2 Å². The number of benzene rings is 2. The molecule has 1 aromatic heterocycles. The fourth-order valence-corrected chi connectivity index (χ4v) is 5.66. The molecule has 3 aromatic rings. The van der Waals surface area contributed by atoms with Gasteiger partial charge in [-0.15, -0.1) is 0 Å². The Labute approximate surface area is 274 Å². The van der Waals surface area contributed by atoms with E-state index in [-0.39, 0.29) is 77.2 Å². The number of methoxy groups -OCH3 is 2. The Morgan fingerprint density at radius 3 is 2.20 bits per heavy atom. The predicted octanol–water partition coefficient (Wildman–Crippen LogP) is 2.24. The Balaban J connectivity index is 1.54. The molecule has 4 heterocycles. The Kier molecular flexibility index (Phi) is 8.68. The number of anilines is 1. The normalized spacial score (nSPS) is 21.5. The molecule has 6 rings (SSSR count). The molecular weight excluding hydrogens is 659 g/mol. The predicted molar refractivity (Wildman–Crippen MR) is 159 cm³/mol. The lowest BCUT2D eigenvalue weighted by Gasteiger charge is -2.27. The molecule has 0 saturated carbocycles. The van der Waals surface area contributed by atoms with Gasteiger partial charge in [0.15, 0.2) is 41.5 Å². The van der Waals surface area contributed by atoms with Crippen molar-refractivity contribution < 1.29 is 61.7 Å². The molecule has 3 aliphatic heterocycles. The van der Waals surface area contributed by atoms with Crippen molar-refractivity contribution in [3.63, 3.8) is 0 Å². The van der Waals surface area contributed by atoms with Gasteiger partial charge < -0.3 is 53.5 Å². The summed E-state index contributed by atoms with van der Waals surface area (Å²) in [6.07, 6.45) is -5.43. The van der Waals surface area contributed by atoms with Crippen molar-refractivity contribution >= 4 is 17.8 Å². The summed E-state index contributed by atoms with van der Waals surface area (Å²) in [4.78, 5) is 46.4. The number of azide groups is 1. The Bertz CT molecular complexity index is 1950. The van der Waals surface area contributed by atoms with E-state index in [9.17, 15) is 25.0 Å². The first-order chi connectivity index (χ1) is 23.6. The molecule has 49 heavy (non-hydrogen) atoms. The van der Waals surface area contributed by atoms with Crippen LogP contribution in [0.25, 0.3) is 21.6 Å². The number of carbonyl (C=O) groups excluding carboxylic acids is 2. The minimum absolute atomic E-state index is 0.00487. The number of nitrogens with two attached hydrogens (primary N) is 1. The minimum atomic E-state index is -2.57. The van der Waals surface area contributed by atoms with Crippen molar-refractivity contribution in [1.82, 2.24) is 9.55 Å². The first-order valence-corrected chi connectivity index (χ1v) is 14.4. The minimum Gasteiger partial charge on any atom is -0.492 e. The average Bonchev–Trinajstić information content (AvgIpc) is 3.82. The summed E-state index contributed by atoms with van der Waals surface area (Å²) in [5.41, 5.74) is 10.5. The molecule has 0 spiro atoms. The highest BCUT2D eigenvalue weighted by Crippen LogP contribution is 2.56. The number of rotatable bonds is 10.